The van der Waals surface area contributed by atoms with Crippen LogP contribution in [0.1, 0.15) is 65.2 Å². The van der Waals surface area contributed by atoms with E-state index in [-0.39, 0.29) is 17.9 Å². The standard InChI is InChI=1S/C13H24O4S/c1-3-5-7-9-12(14)16-11-18-17-13(15)10-8-6-4-2/h3-11H2,1-2H3. The predicted molar refractivity (Wildman–Crippen MR) is 72.9 cm³/mol. The summed E-state index contributed by atoms with van der Waals surface area (Å²) in [5.41, 5.74) is 0. The van der Waals surface area contributed by atoms with E-state index in [9.17, 15) is 9.59 Å². The van der Waals surface area contributed by atoms with Crippen LogP contribution in [0, 0.1) is 0 Å². The highest BCUT2D eigenvalue weighted by Gasteiger charge is 2.05. The second-order valence-corrected chi connectivity index (χ2v) is 4.76. The van der Waals surface area contributed by atoms with Crippen molar-refractivity contribution in [3.05, 3.63) is 0 Å². The summed E-state index contributed by atoms with van der Waals surface area (Å²) in [5, 5.41) is 0. The van der Waals surface area contributed by atoms with Gasteiger partial charge in [-0.3, -0.25) is 9.59 Å². The van der Waals surface area contributed by atoms with Crippen LogP contribution < -0.4 is 0 Å². The van der Waals surface area contributed by atoms with Crippen LogP contribution in [-0.4, -0.2) is 17.9 Å². The Morgan fingerprint density at radius 1 is 0.889 bits per heavy atom. The third kappa shape index (κ3) is 11.8. The van der Waals surface area contributed by atoms with Gasteiger partial charge < -0.3 is 8.92 Å². The molecule has 0 amide bonds. The van der Waals surface area contributed by atoms with Crippen molar-refractivity contribution < 1.29 is 18.5 Å². The summed E-state index contributed by atoms with van der Waals surface area (Å²) in [4.78, 5) is 22.4. The van der Waals surface area contributed by atoms with E-state index in [1.165, 1.54) is 0 Å². The summed E-state index contributed by atoms with van der Waals surface area (Å²) in [6.07, 6.45) is 6.82. The number of ether oxygens (including phenoxy) is 1. The molecule has 0 spiro atoms. The van der Waals surface area contributed by atoms with Crippen molar-refractivity contribution >= 4 is 24.0 Å². The van der Waals surface area contributed by atoms with Crippen LogP contribution in [0.2, 0.25) is 0 Å². The monoisotopic (exact) mass is 276 g/mol. The lowest BCUT2D eigenvalue weighted by molar-refractivity contribution is -0.142. The topological polar surface area (TPSA) is 52.6 Å². The molecule has 0 saturated heterocycles. The normalized spacial score (nSPS) is 10.1. The number of rotatable bonds is 11. The van der Waals surface area contributed by atoms with Crippen LogP contribution in [0.15, 0.2) is 0 Å². The maximum Gasteiger partial charge on any atom is 0.317 e. The van der Waals surface area contributed by atoms with E-state index < -0.39 is 0 Å². The smallest absolute Gasteiger partial charge is 0.317 e. The minimum Gasteiger partial charge on any atom is -0.451 e. The van der Waals surface area contributed by atoms with E-state index in [1.807, 2.05) is 0 Å². The van der Waals surface area contributed by atoms with E-state index in [0.717, 1.165) is 50.6 Å². The molecule has 0 radical (unpaired) electrons. The molecule has 0 aliphatic carbocycles. The molecule has 18 heavy (non-hydrogen) atoms. The molecule has 0 saturated carbocycles. The van der Waals surface area contributed by atoms with Crippen molar-refractivity contribution in [1.29, 1.82) is 0 Å². The highest BCUT2D eigenvalue weighted by atomic mass is 32.2. The molecule has 0 bridgehead atoms. The third-order valence-electron chi connectivity index (χ3n) is 2.39. The Bertz CT molecular complexity index is 207. The fraction of sp³-hybridized carbons (Fsp3) is 0.846. The molecule has 0 atom stereocenters. The van der Waals surface area contributed by atoms with Gasteiger partial charge in [-0.05, 0) is 12.8 Å². The molecule has 0 aromatic carbocycles. The van der Waals surface area contributed by atoms with Crippen molar-refractivity contribution in [2.45, 2.75) is 65.2 Å². The minimum absolute atomic E-state index is 0.0878. The Balaban J connectivity index is 3.32. The van der Waals surface area contributed by atoms with Gasteiger partial charge >= 0.3 is 11.9 Å². The van der Waals surface area contributed by atoms with Crippen LogP contribution in [0.4, 0.5) is 0 Å². The van der Waals surface area contributed by atoms with Crippen molar-refractivity contribution in [2.75, 3.05) is 5.94 Å². The summed E-state index contributed by atoms with van der Waals surface area (Å²) < 4.78 is 9.78. The number of hydrogen-bond acceptors (Lipinski definition) is 5. The van der Waals surface area contributed by atoms with E-state index >= 15 is 0 Å². The zero-order chi connectivity index (χ0) is 13.6. The molecule has 0 N–H and O–H groups in total. The fourth-order valence-electron chi connectivity index (χ4n) is 1.33. The Labute approximate surface area is 114 Å². The van der Waals surface area contributed by atoms with Gasteiger partial charge in [-0.15, -0.1) is 0 Å². The molecule has 0 aromatic heterocycles. The lowest BCUT2D eigenvalue weighted by atomic mass is 10.2. The van der Waals surface area contributed by atoms with Crippen LogP contribution in [0.3, 0.4) is 0 Å². The number of carbonyl (C=O) groups is 2. The van der Waals surface area contributed by atoms with Crippen LogP contribution >= 0.6 is 12.0 Å². The highest BCUT2D eigenvalue weighted by molar-refractivity contribution is 7.94. The van der Waals surface area contributed by atoms with E-state index in [0.29, 0.717) is 12.8 Å². The van der Waals surface area contributed by atoms with Gasteiger partial charge in [0.05, 0.1) is 0 Å². The lowest BCUT2D eigenvalue weighted by Crippen LogP contribution is -2.05. The second-order valence-electron chi connectivity index (χ2n) is 4.12. The Hall–Kier alpha value is -0.710. The summed E-state index contributed by atoms with van der Waals surface area (Å²) in [5.74, 6) is -0.377. The molecule has 0 fully saturated rings. The van der Waals surface area contributed by atoms with Gasteiger partial charge in [0.25, 0.3) is 0 Å². The number of carbonyl (C=O) groups excluding carboxylic acids is 2. The molecule has 106 valence electrons. The van der Waals surface area contributed by atoms with E-state index in [4.69, 9.17) is 8.92 Å². The summed E-state index contributed by atoms with van der Waals surface area (Å²) in [6, 6.07) is 0. The zero-order valence-electron chi connectivity index (χ0n) is 11.4. The fourth-order valence-corrected chi connectivity index (χ4v) is 1.77. The SMILES string of the molecule is CCCCCC(=O)OCSOC(=O)CCCCC. The number of hydrogen-bond donors (Lipinski definition) is 0. The quantitative estimate of drug-likeness (QED) is 0.248. The van der Waals surface area contributed by atoms with Gasteiger partial charge in [-0.25, -0.2) is 0 Å². The second kappa shape index (κ2) is 12.7. The summed E-state index contributed by atoms with van der Waals surface area (Å²) >= 11 is 0.894. The van der Waals surface area contributed by atoms with Crippen molar-refractivity contribution in [3.8, 4) is 0 Å². The zero-order valence-corrected chi connectivity index (χ0v) is 12.2. The van der Waals surface area contributed by atoms with Crippen LogP contribution in [-0.2, 0) is 18.5 Å². The Morgan fingerprint density at radius 2 is 1.44 bits per heavy atom. The third-order valence-corrected chi connectivity index (χ3v) is 2.91. The van der Waals surface area contributed by atoms with Crippen LogP contribution in [0.5, 0.6) is 0 Å². The van der Waals surface area contributed by atoms with Crippen LogP contribution in [0.25, 0.3) is 0 Å². The predicted octanol–water partition coefficient (Wildman–Crippen LogP) is 3.84. The van der Waals surface area contributed by atoms with E-state index in [2.05, 4.69) is 13.8 Å². The molecule has 0 aliphatic rings. The van der Waals surface area contributed by atoms with Gasteiger partial charge in [0.2, 0.25) is 0 Å². The molecule has 0 aliphatic heterocycles. The number of unbranched alkanes of at least 4 members (excludes halogenated alkanes) is 4. The molecule has 0 unspecified atom stereocenters. The van der Waals surface area contributed by atoms with Gasteiger partial charge in [-0.2, -0.15) is 0 Å². The lowest BCUT2D eigenvalue weighted by Gasteiger charge is -2.04. The molecule has 0 aromatic rings. The first-order chi connectivity index (χ1) is 8.70. The van der Waals surface area contributed by atoms with Gasteiger partial charge in [-0.1, -0.05) is 39.5 Å². The Morgan fingerprint density at radius 3 is 2.00 bits per heavy atom. The van der Waals surface area contributed by atoms with Crippen molar-refractivity contribution in [2.24, 2.45) is 0 Å². The molecular formula is C13H24O4S. The Kier molecular flexibility index (Phi) is 12.2. The molecule has 5 heteroatoms. The van der Waals surface area contributed by atoms with Crippen molar-refractivity contribution in [1.82, 2.24) is 0 Å². The van der Waals surface area contributed by atoms with Gasteiger partial charge in [0.15, 0.2) is 5.94 Å². The highest BCUT2D eigenvalue weighted by Crippen LogP contribution is 2.09. The van der Waals surface area contributed by atoms with Gasteiger partial charge in [0.1, 0.15) is 12.0 Å². The molecular weight excluding hydrogens is 252 g/mol. The average molecular weight is 276 g/mol. The molecule has 0 rings (SSSR count). The maximum absolute atomic E-state index is 11.2. The van der Waals surface area contributed by atoms with E-state index in [1.54, 1.807) is 0 Å². The number of esters is 1. The largest absolute Gasteiger partial charge is 0.451 e. The minimum atomic E-state index is -0.240. The molecule has 4 nitrogen and oxygen atoms in total. The first-order valence-corrected chi connectivity index (χ1v) is 7.59. The first kappa shape index (κ1) is 17.3. The molecule has 0 heterocycles. The van der Waals surface area contributed by atoms with Gasteiger partial charge in [0, 0.05) is 12.8 Å². The summed E-state index contributed by atoms with van der Waals surface area (Å²) in [7, 11) is 0. The average Bonchev–Trinajstić information content (AvgIpc) is 2.35. The van der Waals surface area contributed by atoms with Crippen molar-refractivity contribution in [3.63, 3.8) is 0 Å². The summed E-state index contributed by atoms with van der Waals surface area (Å²) in [6.45, 7) is 4.16. The first-order valence-electron chi connectivity index (χ1n) is 6.68. The maximum atomic E-state index is 11.2.